The number of alkyl halides is 1. The van der Waals surface area contributed by atoms with E-state index in [0.717, 1.165) is 43.0 Å². The number of aryl methyl sites for hydroxylation is 1. The van der Waals surface area contributed by atoms with Crippen LogP contribution in [-0.2, 0) is 4.79 Å². The minimum Gasteiger partial charge on any atom is -0.439 e. The molecule has 2 fully saturated rings. The topological polar surface area (TPSA) is 84.2 Å². The zero-order valence-corrected chi connectivity index (χ0v) is 17.6. The number of carbonyl (C=O) groups excluding carboxylic acids is 1. The molecule has 7 nitrogen and oxygen atoms in total. The van der Waals surface area contributed by atoms with Crippen LogP contribution >= 0.6 is 0 Å². The van der Waals surface area contributed by atoms with Gasteiger partial charge in [0.15, 0.2) is 11.7 Å². The van der Waals surface area contributed by atoms with E-state index in [1.807, 2.05) is 12.1 Å². The number of hydrogen-bond acceptors (Lipinski definition) is 6. The Kier molecular flexibility index (Phi) is 5.40. The standard InChI is InChI=1S/C23H26FN5O2/c1-14-25-10-21(31-14)20-6-17-7-22(27-9-18(17)8-26-20)28-23(30)16-4-2-15(3-5-16)11-29-12-19(24)13-29/h6-10,15-16,19H,2-5,11-13H2,1H3,(H,27,28,30)/t15-,16-. The van der Waals surface area contributed by atoms with Crippen LogP contribution in [0.5, 0.6) is 0 Å². The molecule has 162 valence electrons. The minimum atomic E-state index is -0.650. The Bertz CT molecular complexity index is 1090. The predicted octanol–water partition coefficient (Wildman–Crippen LogP) is 3.99. The highest BCUT2D eigenvalue weighted by Crippen LogP contribution is 2.31. The molecular weight excluding hydrogens is 397 g/mol. The fourth-order valence-electron chi connectivity index (χ4n) is 4.58. The molecule has 0 aromatic carbocycles. The van der Waals surface area contributed by atoms with Crippen molar-refractivity contribution >= 4 is 22.5 Å². The summed E-state index contributed by atoms with van der Waals surface area (Å²) in [5.74, 6) is 2.34. The van der Waals surface area contributed by atoms with Crippen molar-refractivity contribution in [2.45, 2.75) is 38.8 Å². The van der Waals surface area contributed by atoms with Gasteiger partial charge >= 0.3 is 0 Å². The van der Waals surface area contributed by atoms with Gasteiger partial charge in [-0.3, -0.25) is 14.7 Å². The highest BCUT2D eigenvalue weighted by Gasteiger charge is 2.31. The van der Waals surface area contributed by atoms with Crippen molar-refractivity contribution in [3.05, 3.63) is 36.6 Å². The first kappa shape index (κ1) is 20.1. The van der Waals surface area contributed by atoms with Gasteiger partial charge in [0, 0.05) is 50.3 Å². The monoisotopic (exact) mass is 423 g/mol. The first-order valence-corrected chi connectivity index (χ1v) is 10.9. The quantitative estimate of drug-likeness (QED) is 0.668. The number of aromatic nitrogens is 3. The van der Waals surface area contributed by atoms with Crippen molar-refractivity contribution in [3.63, 3.8) is 0 Å². The lowest BCUT2D eigenvalue weighted by atomic mass is 9.81. The second kappa shape index (κ2) is 8.34. The molecule has 1 amide bonds. The highest BCUT2D eigenvalue weighted by molar-refractivity contribution is 5.94. The molecule has 5 rings (SSSR count). The third kappa shape index (κ3) is 4.44. The number of rotatable bonds is 5. The Balaban J connectivity index is 1.21. The van der Waals surface area contributed by atoms with Crippen molar-refractivity contribution in [1.29, 1.82) is 0 Å². The smallest absolute Gasteiger partial charge is 0.228 e. The lowest BCUT2D eigenvalue weighted by Gasteiger charge is -2.38. The first-order chi connectivity index (χ1) is 15.0. The van der Waals surface area contributed by atoms with E-state index >= 15 is 0 Å². The number of fused-ring (bicyclic) bond motifs is 1. The molecule has 0 unspecified atom stereocenters. The van der Waals surface area contributed by atoms with Crippen LogP contribution < -0.4 is 5.32 Å². The van der Waals surface area contributed by atoms with E-state index < -0.39 is 6.17 Å². The van der Waals surface area contributed by atoms with Gasteiger partial charge in [0.25, 0.3) is 0 Å². The highest BCUT2D eigenvalue weighted by atomic mass is 19.1. The Morgan fingerprint density at radius 1 is 1.10 bits per heavy atom. The van der Waals surface area contributed by atoms with Crippen molar-refractivity contribution in [1.82, 2.24) is 19.9 Å². The molecule has 1 aliphatic heterocycles. The largest absolute Gasteiger partial charge is 0.439 e. The number of halogens is 1. The van der Waals surface area contributed by atoms with Crippen LogP contribution in [0.1, 0.15) is 31.6 Å². The van der Waals surface area contributed by atoms with Gasteiger partial charge in [-0.15, -0.1) is 0 Å². The van der Waals surface area contributed by atoms with Gasteiger partial charge in [-0.05, 0) is 49.1 Å². The molecule has 2 aliphatic rings. The number of likely N-dealkylation sites (tertiary alicyclic amines) is 1. The van der Waals surface area contributed by atoms with Crippen molar-refractivity contribution in [2.24, 2.45) is 11.8 Å². The molecule has 1 saturated heterocycles. The van der Waals surface area contributed by atoms with Crippen LogP contribution in [0.3, 0.4) is 0 Å². The zero-order valence-electron chi connectivity index (χ0n) is 17.6. The lowest BCUT2D eigenvalue weighted by Crippen LogP contribution is -2.50. The maximum atomic E-state index is 13.0. The molecule has 3 aromatic heterocycles. The second-order valence-electron chi connectivity index (χ2n) is 8.75. The fraction of sp³-hybridized carbons (Fsp3) is 0.478. The van der Waals surface area contributed by atoms with Gasteiger partial charge in [0.05, 0.1) is 6.20 Å². The molecule has 4 heterocycles. The maximum absolute atomic E-state index is 13.0. The van der Waals surface area contributed by atoms with E-state index in [0.29, 0.717) is 42.2 Å². The van der Waals surface area contributed by atoms with Crippen LogP contribution in [0.25, 0.3) is 22.2 Å². The molecule has 31 heavy (non-hydrogen) atoms. The average Bonchev–Trinajstić information content (AvgIpc) is 3.19. The summed E-state index contributed by atoms with van der Waals surface area (Å²) in [5, 5.41) is 4.80. The summed E-state index contributed by atoms with van der Waals surface area (Å²) in [7, 11) is 0. The molecule has 1 aliphatic carbocycles. The second-order valence-corrected chi connectivity index (χ2v) is 8.75. The number of carbonyl (C=O) groups is 1. The molecule has 0 bridgehead atoms. The zero-order chi connectivity index (χ0) is 21.4. The molecule has 1 saturated carbocycles. The fourth-order valence-corrected chi connectivity index (χ4v) is 4.58. The summed E-state index contributed by atoms with van der Waals surface area (Å²) in [6.07, 6.45) is 8.24. The third-order valence-electron chi connectivity index (χ3n) is 6.37. The molecule has 3 aromatic rings. The normalized spacial score (nSPS) is 22.4. The van der Waals surface area contributed by atoms with Crippen LogP contribution in [0.2, 0.25) is 0 Å². The number of hydrogen-bond donors (Lipinski definition) is 1. The van der Waals surface area contributed by atoms with Gasteiger partial charge in [0.2, 0.25) is 5.91 Å². The number of amides is 1. The van der Waals surface area contributed by atoms with Crippen LogP contribution in [-0.4, -0.2) is 51.6 Å². The van der Waals surface area contributed by atoms with Gasteiger partial charge in [-0.25, -0.2) is 14.4 Å². The summed E-state index contributed by atoms with van der Waals surface area (Å²) in [5.41, 5.74) is 0.691. The van der Waals surface area contributed by atoms with E-state index in [1.165, 1.54) is 0 Å². The molecule has 8 heteroatoms. The third-order valence-corrected chi connectivity index (χ3v) is 6.37. The van der Waals surface area contributed by atoms with Crippen molar-refractivity contribution < 1.29 is 13.6 Å². The Morgan fingerprint density at radius 3 is 2.58 bits per heavy atom. The molecule has 0 spiro atoms. The number of nitrogens with one attached hydrogen (secondary N) is 1. The van der Waals surface area contributed by atoms with Gasteiger partial charge in [-0.1, -0.05) is 0 Å². The average molecular weight is 423 g/mol. The number of nitrogens with zero attached hydrogens (tertiary/aromatic N) is 4. The van der Waals surface area contributed by atoms with E-state index in [-0.39, 0.29) is 11.8 Å². The number of pyridine rings is 2. The van der Waals surface area contributed by atoms with Crippen molar-refractivity contribution in [3.8, 4) is 11.5 Å². The van der Waals surface area contributed by atoms with E-state index in [4.69, 9.17) is 4.42 Å². The molecule has 0 radical (unpaired) electrons. The van der Waals surface area contributed by atoms with Gasteiger partial charge in [-0.2, -0.15) is 0 Å². The SMILES string of the molecule is Cc1ncc(-c2cc3cc(NC(=O)[C@H]4CC[C@H](CN5CC(F)C5)CC4)ncc3cn2)o1. The van der Waals surface area contributed by atoms with Gasteiger partial charge in [0.1, 0.15) is 17.7 Å². The summed E-state index contributed by atoms with van der Waals surface area (Å²) < 4.78 is 18.6. The Hall–Kier alpha value is -2.87. The lowest BCUT2D eigenvalue weighted by molar-refractivity contribution is -0.121. The Morgan fingerprint density at radius 2 is 1.87 bits per heavy atom. The Labute approximate surface area is 180 Å². The van der Waals surface area contributed by atoms with E-state index in [9.17, 15) is 9.18 Å². The van der Waals surface area contributed by atoms with Crippen LogP contribution in [0.15, 0.2) is 35.1 Å². The van der Waals surface area contributed by atoms with Crippen LogP contribution in [0, 0.1) is 18.8 Å². The summed E-state index contributed by atoms with van der Waals surface area (Å²) in [6.45, 7) is 3.89. The number of anilines is 1. The molecule has 0 atom stereocenters. The van der Waals surface area contributed by atoms with Crippen molar-refractivity contribution in [2.75, 3.05) is 25.0 Å². The first-order valence-electron chi connectivity index (χ1n) is 10.9. The minimum absolute atomic E-state index is 0.00392. The summed E-state index contributed by atoms with van der Waals surface area (Å²) in [6, 6.07) is 3.78. The predicted molar refractivity (Wildman–Crippen MR) is 115 cm³/mol. The van der Waals surface area contributed by atoms with Crippen LogP contribution in [0.4, 0.5) is 10.2 Å². The molecular formula is C23H26FN5O2. The van der Waals surface area contributed by atoms with E-state index in [2.05, 4.69) is 25.2 Å². The summed E-state index contributed by atoms with van der Waals surface area (Å²) >= 11 is 0. The molecule has 1 N–H and O–H groups in total. The summed E-state index contributed by atoms with van der Waals surface area (Å²) in [4.78, 5) is 27.9. The number of oxazole rings is 1. The van der Waals surface area contributed by atoms with E-state index in [1.54, 1.807) is 25.5 Å². The van der Waals surface area contributed by atoms with Gasteiger partial charge < -0.3 is 9.73 Å². The maximum Gasteiger partial charge on any atom is 0.228 e.